The van der Waals surface area contributed by atoms with E-state index >= 15 is 0 Å². The van der Waals surface area contributed by atoms with E-state index < -0.39 is 0 Å². The van der Waals surface area contributed by atoms with Crippen LogP contribution in [0.4, 0.5) is 4.79 Å². The van der Waals surface area contributed by atoms with Crippen LogP contribution in [0.5, 0.6) is 5.75 Å². The molecule has 6 rings (SSSR count). The third-order valence-corrected chi connectivity index (χ3v) is 8.66. The molecule has 206 valence electrons. The molecule has 0 atom stereocenters. The van der Waals surface area contributed by atoms with Crippen LogP contribution in [0.1, 0.15) is 42.7 Å². The second-order valence-electron chi connectivity index (χ2n) is 10.6. The second-order valence-corrected chi connectivity index (χ2v) is 11.0. The number of hydrogen-bond acceptors (Lipinski definition) is 6. The van der Waals surface area contributed by atoms with Crippen molar-refractivity contribution in [3.05, 3.63) is 53.2 Å². The fourth-order valence-electron chi connectivity index (χ4n) is 5.89. The van der Waals surface area contributed by atoms with Crippen molar-refractivity contribution in [1.82, 2.24) is 14.7 Å². The number of benzene rings is 2. The minimum atomic E-state index is -0.383. The number of rotatable bonds is 5. The van der Waals surface area contributed by atoms with Gasteiger partial charge in [0, 0.05) is 62.3 Å². The Morgan fingerprint density at radius 1 is 0.923 bits per heavy atom. The lowest BCUT2D eigenvalue weighted by atomic mass is 9.90. The number of piperazine rings is 1. The number of amides is 2. The maximum atomic E-state index is 13.7. The van der Waals surface area contributed by atoms with Crippen LogP contribution in [0.15, 0.2) is 46.9 Å². The summed E-state index contributed by atoms with van der Waals surface area (Å²) in [5.74, 6) is 0.645. The quantitative estimate of drug-likeness (QED) is 0.406. The fraction of sp³-hybridized carbons (Fsp3) is 0.467. The molecule has 39 heavy (non-hydrogen) atoms. The Kier molecular flexibility index (Phi) is 7.40. The molecule has 1 aromatic heterocycles. The molecule has 2 amide bonds. The molecule has 1 aliphatic carbocycles. The van der Waals surface area contributed by atoms with E-state index in [0.29, 0.717) is 48.1 Å². The number of halogens is 1. The highest BCUT2D eigenvalue weighted by Crippen LogP contribution is 2.41. The lowest BCUT2D eigenvalue weighted by Crippen LogP contribution is -2.50. The normalized spacial score (nSPS) is 19.2. The molecule has 8 nitrogen and oxygen atoms in total. The third kappa shape index (κ3) is 5.20. The lowest BCUT2D eigenvalue weighted by molar-refractivity contribution is 0.0494. The molecule has 0 unspecified atom stereocenters. The number of ether oxygens (including phenoxy) is 2. The number of furan rings is 1. The fourth-order valence-corrected chi connectivity index (χ4v) is 6.09. The summed E-state index contributed by atoms with van der Waals surface area (Å²) in [5.41, 5.74) is 2.16. The first kappa shape index (κ1) is 26.0. The topological polar surface area (TPSA) is 75.5 Å². The second kappa shape index (κ2) is 11.1. The van der Waals surface area contributed by atoms with E-state index in [1.807, 2.05) is 42.5 Å². The van der Waals surface area contributed by atoms with E-state index in [4.69, 9.17) is 25.5 Å². The van der Waals surface area contributed by atoms with E-state index in [-0.39, 0.29) is 23.9 Å². The van der Waals surface area contributed by atoms with Crippen LogP contribution in [0.2, 0.25) is 5.02 Å². The molecule has 2 aliphatic heterocycles. The number of nitrogens with zero attached hydrogens (tertiary/aromatic N) is 3. The Labute approximate surface area is 233 Å². The van der Waals surface area contributed by atoms with Gasteiger partial charge in [0.1, 0.15) is 17.4 Å². The third-order valence-electron chi connectivity index (χ3n) is 8.36. The molecule has 3 aliphatic rings. The van der Waals surface area contributed by atoms with E-state index in [1.165, 1.54) is 26.4 Å². The Morgan fingerprint density at radius 2 is 1.62 bits per heavy atom. The molecule has 0 N–H and O–H groups in total. The molecule has 2 aromatic carbocycles. The molecular weight excluding hydrogens is 518 g/mol. The summed E-state index contributed by atoms with van der Waals surface area (Å²) in [4.78, 5) is 31.5. The van der Waals surface area contributed by atoms with Crippen LogP contribution in [0, 0.1) is 0 Å². The molecule has 3 fully saturated rings. The number of methoxy groups -OCH3 is 1. The number of carbonyl (C=O) groups excluding carboxylic acids is 2. The molecule has 2 saturated heterocycles. The SMILES string of the molecule is COC(=O)N1CCN(C(=O)c2oc3cc(OC4CCN(C5CCC5)CC4)c(Cl)cc3c2-c2ccccc2)CC1. The van der Waals surface area contributed by atoms with Gasteiger partial charge in [-0.25, -0.2) is 4.79 Å². The van der Waals surface area contributed by atoms with Gasteiger partial charge in [-0.2, -0.15) is 0 Å². The standard InChI is InChI=1S/C30H34ClN3O5/c1-37-30(36)34-16-14-33(15-17-34)29(35)28-27(20-6-3-2-4-7-20)23-18-24(31)26(19-25(23)39-28)38-22-10-12-32(13-11-22)21-8-5-9-21/h2-4,6-7,18-19,21-22H,5,8-17H2,1H3. The summed E-state index contributed by atoms with van der Waals surface area (Å²) in [5, 5.41) is 1.28. The van der Waals surface area contributed by atoms with Crippen LogP contribution in [0.25, 0.3) is 22.1 Å². The maximum Gasteiger partial charge on any atom is 0.409 e. The van der Waals surface area contributed by atoms with Crippen molar-refractivity contribution in [2.75, 3.05) is 46.4 Å². The van der Waals surface area contributed by atoms with Gasteiger partial charge >= 0.3 is 6.09 Å². The van der Waals surface area contributed by atoms with Crippen LogP contribution in [0.3, 0.4) is 0 Å². The Hall–Kier alpha value is -3.23. The minimum absolute atomic E-state index is 0.104. The number of likely N-dealkylation sites (tertiary alicyclic amines) is 1. The Balaban J connectivity index is 1.26. The lowest BCUT2D eigenvalue weighted by Gasteiger charge is -2.41. The van der Waals surface area contributed by atoms with Gasteiger partial charge in [-0.05, 0) is 37.3 Å². The zero-order valence-corrected chi connectivity index (χ0v) is 23.0. The predicted molar refractivity (Wildman–Crippen MR) is 149 cm³/mol. The highest BCUT2D eigenvalue weighted by Gasteiger charge is 2.32. The molecule has 9 heteroatoms. The smallest absolute Gasteiger partial charge is 0.409 e. The number of piperidine rings is 1. The molecule has 1 saturated carbocycles. The zero-order valence-electron chi connectivity index (χ0n) is 22.2. The number of carbonyl (C=O) groups is 2. The minimum Gasteiger partial charge on any atom is -0.489 e. The zero-order chi connectivity index (χ0) is 26.9. The summed E-state index contributed by atoms with van der Waals surface area (Å²) < 4.78 is 17.5. The van der Waals surface area contributed by atoms with Crippen molar-refractivity contribution in [1.29, 1.82) is 0 Å². The van der Waals surface area contributed by atoms with Crippen LogP contribution >= 0.6 is 11.6 Å². The maximum absolute atomic E-state index is 13.7. The largest absolute Gasteiger partial charge is 0.489 e. The van der Waals surface area contributed by atoms with Crippen LogP contribution in [-0.4, -0.2) is 85.2 Å². The first-order valence-electron chi connectivity index (χ1n) is 13.9. The average molecular weight is 552 g/mol. The molecular formula is C30H34ClN3O5. The van der Waals surface area contributed by atoms with Gasteiger partial charge in [0.05, 0.1) is 12.1 Å². The summed E-state index contributed by atoms with van der Waals surface area (Å²) in [6, 6.07) is 14.2. The van der Waals surface area contributed by atoms with Crippen molar-refractivity contribution in [3.8, 4) is 16.9 Å². The van der Waals surface area contributed by atoms with Crippen LogP contribution in [-0.2, 0) is 4.74 Å². The first-order valence-corrected chi connectivity index (χ1v) is 14.2. The molecule has 3 aromatic rings. The first-order chi connectivity index (χ1) is 19.0. The van der Waals surface area contributed by atoms with Gasteiger partial charge < -0.3 is 28.6 Å². The van der Waals surface area contributed by atoms with Gasteiger partial charge in [-0.3, -0.25) is 4.79 Å². The average Bonchev–Trinajstić information content (AvgIpc) is 3.31. The van der Waals surface area contributed by atoms with Gasteiger partial charge in [-0.15, -0.1) is 0 Å². The molecule has 0 bridgehead atoms. The summed E-state index contributed by atoms with van der Waals surface area (Å²) in [6.07, 6.45) is 5.65. The number of hydrogen-bond donors (Lipinski definition) is 0. The summed E-state index contributed by atoms with van der Waals surface area (Å²) in [6.45, 7) is 3.71. The molecule has 0 spiro atoms. The van der Waals surface area contributed by atoms with Crippen molar-refractivity contribution >= 4 is 34.6 Å². The monoisotopic (exact) mass is 551 g/mol. The predicted octanol–water partition coefficient (Wildman–Crippen LogP) is 5.67. The molecule has 0 radical (unpaired) electrons. The van der Waals surface area contributed by atoms with Gasteiger partial charge in [0.25, 0.3) is 5.91 Å². The van der Waals surface area contributed by atoms with E-state index in [1.54, 1.807) is 9.80 Å². The molecule has 3 heterocycles. The highest BCUT2D eigenvalue weighted by atomic mass is 35.5. The Morgan fingerprint density at radius 3 is 2.26 bits per heavy atom. The van der Waals surface area contributed by atoms with Crippen molar-refractivity contribution < 1.29 is 23.5 Å². The van der Waals surface area contributed by atoms with Crippen molar-refractivity contribution in [2.24, 2.45) is 0 Å². The van der Waals surface area contributed by atoms with Crippen molar-refractivity contribution in [2.45, 2.75) is 44.2 Å². The van der Waals surface area contributed by atoms with Crippen molar-refractivity contribution in [3.63, 3.8) is 0 Å². The van der Waals surface area contributed by atoms with Gasteiger partial charge in [0.15, 0.2) is 0 Å². The van der Waals surface area contributed by atoms with E-state index in [2.05, 4.69) is 4.90 Å². The number of fused-ring (bicyclic) bond motifs is 1. The summed E-state index contributed by atoms with van der Waals surface area (Å²) >= 11 is 6.77. The van der Waals surface area contributed by atoms with E-state index in [9.17, 15) is 9.59 Å². The Bertz CT molecular complexity index is 1340. The van der Waals surface area contributed by atoms with Crippen LogP contribution < -0.4 is 4.74 Å². The summed E-state index contributed by atoms with van der Waals surface area (Å²) in [7, 11) is 1.36. The van der Waals surface area contributed by atoms with Gasteiger partial charge in [0.2, 0.25) is 5.76 Å². The van der Waals surface area contributed by atoms with Gasteiger partial charge in [-0.1, -0.05) is 48.4 Å². The van der Waals surface area contributed by atoms with E-state index in [0.717, 1.165) is 42.9 Å². The highest BCUT2D eigenvalue weighted by molar-refractivity contribution is 6.33.